The molecule has 0 amide bonds. The molecule has 0 radical (unpaired) electrons. The number of para-hydroxylation sites is 1. The first-order valence-corrected chi connectivity index (χ1v) is 9.12. The fraction of sp³-hybridized carbons (Fsp3) is 0.263. The molecule has 0 aliphatic carbocycles. The second-order valence-corrected chi connectivity index (χ2v) is 6.86. The molecule has 0 unspecified atom stereocenters. The summed E-state index contributed by atoms with van der Waals surface area (Å²) in [5.41, 5.74) is 0.983. The number of thiazole rings is 1. The van der Waals surface area contributed by atoms with Gasteiger partial charge in [0.05, 0.1) is 10.2 Å². The van der Waals surface area contributed by atoms with Crippen LogP contribution in [0.5, 0.6) is 11.5 Å². The van der Waals surface area contributed by atoms with Gasteiger partial charge in [-0.1, -0.05) is 36.0 Å². The van der Waals surface area contributed by atoms with Gasteiger partial charge >= 0.3 is 0 Å². The van der Waals surface area contributed by atoms with E-state index in [0.29, 0.717) is 0 Å². The van der Waals surface area contributed by atoms with Crippen LogP contribution in [0, 0.1) is 0 Å². The summed E-state index contributed by atoms with van der Waals surface area (Å²) in [4.78, 5) is 9.27. The summed E-state index contributed by atoms with van der Waals surface area (Å²) in [5.74, 6) is 2.73. The van der Waals surface area contributed by atoms with Gasteiger partial charge in [-0.2, -0.15) is 0 Å². The van der Waals surface area contributed by atoms with Crippen molar-refractivity contribution in [1.29, 1.82) is 0 Å². The van der Waals surface area contributed by atoms with Crippen molar-refractivity contribution >= 4 is 32.5 Å². The summed E-state index contributed by atoms with van der Waals surface area (Å²) in [6.07, 6.45) is 4.66. The number of fused-ring (bicyclic) bond motifs is 1. The monoisotopic (exact) mass is 337 g/mol. The van der Waals surface area contributed by atoms with E-state index in [0.717, 1.165) is 45.6 Å². The van der Waals surface area contributed by atoms with E-state index in [4.69, 9.17) is 4.74 Å². The quantitative estimate of drug-likeness (QED) is 0.689. The first-order valence-electron chi connectivity index (χ1n) is 8.31. The molecular weight excluding hydrogens is 318 g/mol. The largest absolute Gasteiger partial charge is 0.457 e. The lowest BCUT2D eigenvalue weighted by Crippen LogP contribution is -2.11. The molecule has 122 valence electrons. The van der Waals surface area contributed by atoms with Crippen LogP contribution in [0.4, 0.5) is 5.13 Å². The van der Waals surface area contributed by atoms with Gasteiger partial charge in [0.15, 0.2) is 5.13 Å². The van der Waals surface area contributed by atoms with E-state index in [1.807, 2.05) is 48.5 Å². The van der Waals surface area contributed by atoms with Crippen LogP contribution >= 0.6 is 11.3 Å². The number of amidine groups is 1. The van der Waals surface area contributed by atoms with Crippen molar-refractivity contribution in [3.05, 3.63) is 48.5 Å². The van der Waals surface area contributed by atoms with Gasteiger partial charge in [0.25, 0.3) is 0 Å². The maximum atomic E-state index is 5.90. The highest BCUT2D eigenvalue weighted by Crippen LogP contribution is 2.31. The summed E-state index contributed by atoms with van der Waals surface area (Å²) >= 11 is 1.64. The first kappa shape index (κ1) is 15.1. The lowest BCUT2D eigenvalue weighted by Gasteiger charge is -2.04. The molecule has 0 saturated heterocycles. The third-order valence-corrected chi connectivity index (χ3v) is 4.90. The Labute approximate surface area is 145 Å². The van der Waals surface area contributed by atoms with Crippen LogP contribution in [0.3, 0.4) is 0 Å². The number of aromatic nitrogens is 1. The molecule has 2 aromatic carbocycles. The van der Waals surface area contributed by atoms with E-state index in [1.54, 1.807) is 11.3 Å². The van der Waals surface area contributed by atoms with Crippen molar-refractivity contribution < 1.29 is 4.74 Å². The van der Waals surface area contributed by atoms with Crippen LogP contribution in [0.25, 0.3) is 10.2 Å². The van der Waals surface area contributed by atoms with E-state index in [-0.39, 0.29) is 0 Å². The minimum atomic E-state index is 0.829. The first-order chi connectivity index (χ1) is 11.9. The molecule has 2 heterocycles. The van der Waals surface area contributed by atoms with Gasteiger partial charge in [-0.25, -0.2) is 4.98 Å². The number of hydrogen-bond donors (Lipinski definition) is 1. The van der Waals surface area contributed by atoms with Crippen LogP contribution in [0.15, 0.2) is 53.5 Å². The Hall–Kier alpha value is -2.40. The maximum Gasteiger partial charge on any atom is 0.189 e. The van der Waals surface area contributed by atoms with Crippen molar-refractivity contribution in [2.45, 2.75) is 25.7 Å². The lowest BCUT2D eigenvalue weighted by atomic mass is 10.2. The normalized spacial score (nSPS) is 14.9. The highest BCUT2D eigenvalue weighted by molar-refractivity contribution is 7.22. The minimum Gasteiger partial charge on any atom is -0.457 e. The SMILES string of the molecule is c1ccc(Oc2ccc3nc(NC4=NCCCCC4)sc3c2)cc1. The van der Waals surface area contributed by atoms with Crippen molar-refractivity contribution in [2.75, 3.05) is 11.9 Å². The fourth-order valence-electron chi connectivity index (χ4n) is 2.75. The highest BCUT2D eigenvalue weighted by Gasteiger charge is 2.09. The zero-order valence-electron chi connectivity index (χ0n) is 13.4. The predicted octanol–water partition coefficient (Wildman–Crippen LogP) is 5.47. The Bertz CT molecular complexity index is 857. The van der Waals surface area contributed by atoms with Crippen LogP contribution in [0.2, 0.25) is 0 Å². The van der Waals surface area contributed by atoms with Crippen molar-refractivity contribution in [1.82, 2.24) is 4.98 Å². The van der Waals surface area contributed by atoms with Crippen molar-refractivity contribution in [3.63, 3.8) is 0 Å². The molecule has 1 aliphatic rings. The van der Waals surface area contributed by atoms with Gasteiger partial charge < -0.3 is 10.1 Å². The van der Waals surface area contributed by atoms with Crippen LogP contribution in [0.1, 0.15) is 25.7 Å². The third kappa shape index (κ3) is 3.57. The van der Waals surface area contributed by atoms with Gasteiger partial charge in [0.1, 0.15) is 17.3 Å². The molecule has 24 heavy (non-hydrogen) atoms. The molecule has 3 aromatic rings. The molecule has 5 heteroatoms. The van der Waals surface area contributed by atoms with Gasteiger partial charge in [-0.3, -0.25) is 4.99 Å². The number of rotatable bonds is 3. The molecule has 1 aliphatic heterocycles. The summed E-state index contributed by atoms with van der Waals surface area (Å²) in [6.45, 7) is 0.919. The molecule has 0 spiro atoms. The number of aliphatic imine (C=N–C) groups is 1. The molecule has 0 fully saturated rings. The van der Waals surface area contributed by atoms with E-state index in [2.05, 4.69) is 15.3 Å². The van der Waals surface area contributed by atoms with E-state index in [9.17, 15) is 0 Å². The number of benzene rings is 2. The number of hydrogen-bond acceptors (Lipinski definition) is 5. The molecule has 4 rings (SSSR count). The second kappa shape index (κ2) is 7.01. The maximum absolute atomic E-state index is 5.90. The molecule has 1 N–H and O–H groups in total. The standard InChI is InChI=1S/C19H19N3OS/c1-3-7-14(8-4-1)23-15-10-11-16-17(13-15)24-19(21-16)22-18-9-5-2-6-12-20-18/h1,3-4,7-8,10-11,13H,2,5-6,9,12H2,(H,20,21,22). The zero-order valence-corrected chi connectivity index (χ0v) is 14.2. The summed E-state index contributed by atoms with van der Waals surface area (Å²) in [7, 11) is 0. The smallest absolute Gasteiger partial charge is 0.189 e. The predicted molar refractivity (Wildman–Crippen MR) is 101 cm³/mol. The number of ether oxygens (including phenoxy) is 1. The van der Waals surface area contributed by atoms with Crippen molar-refractivity contribution in [2.24, 2.45) is 4.99 Å². The van der Waals surface area contributed by atoms with Crippen LogP contribution in [-0.2, 0) is 0 Å². The third-order valence-electron chi connectivity index (χ3n) is 3.96. The lowest BCUT2D eigenvalue weighted by molar-refractivity contribution is 0.483. The van der Waals surface area contributed by atoms with Gasteiger partial charge in [-0.05, 0) is 37.1 Å². The van der Waals surface area contributed by atoms with Gasteiger partial charge in [0, 0.05) is 19.0 Å². The Kier molecular flexibility index (Phi) is 4.42. The van der Waals surface area contributed by atoms with E-state index < -0.39 is 0 Å². The Morgan fingerprint density at radius 1 is 0.958 bits per heavy atom. The second-order valence-electron chi connectivity index (χ2n) is 5.83. The number of anilines is 1. The molecule has 1 aromatic heterocycles. The summed E-state index contributed by atoms with van der Waals surface area (Å²) in [6, 6.07) is 15.8. The molecule has 0 saturated carbocycles. The van der Waals surface area contributed by atoms with Crippen molar-refractivity contribution in [3.8, 4) is 11.5 Å². The average Bonchev–Trinajstić information content (AvgIpc) is 2.81. The highest BCUT2D eigenvalue weighted by atomic mass is 32.1. The summed E-state index contributed by atoms with van der Waals surface area (Å²) < 4.78 is 7.01. The number of nitrogens with zero attached hydrogens (tertiary/aromatic N) is 2. The Morgan fingerprint density at radius 3 is 2.79 bits per heavy atom. The van der Waals surface area contributed by atoms with Gasteiger partial charge in [0.2, 0.25) is 0 Å². The zero-order chi connectivity index (χ0) is 16.2. The van der Waals surface area contributed by atoms with Crippen LogP contribution in [-0.4, -0.2) is 17.4 Å². The molecule has 0 bridgehead atoms. The van der Waals surface area contributed by atoms with E-state index in [1.165, 1.54) is 19.3 Å². The average molecular weight is 337 g/mol. The molecular formula is C19H19N3OS. The Morgan fingerprint density at radius 2 is 1.88 bits per heavy atom. The molecule has 4 nitrogen and oxygen atoms in total. The summed E-state index contributed by atoms with van der Waals surface area (Å²) in [5, 5.41) is 4.30. The fourth-order valence-corrected chi connectivity index (χ4v) is 3.66. The topological polar surface area (TPSA) is 46.5 Å². The van der Waals surface area contributed by atoms with Crippen LogP contribution < -0.4 is 10.1 Å². The van der Waals surface area contributed by atoms with Gasteiger partial charge in [-0.15, -0.1) is 0 Å². The van der Waals surface area contributed by atoms with E-state index >= 15 is 0 Å². The Balaban J connectivity index is 1.53. The molecule has 0 atom stereocenters. The number of nitrogens with one attached hydrogen (secondary N) is 1. The minimum absolute atomic E-state index is 0.829.